The van der Waals surface area contributed by atoms with Gasteiger partial charge in [0.15, 0.2) is 0 Å². The lowest BCUT2D eigenvalue weighted by atomic mass is 10.1. The van der Waals surface area contributed by atoms with Crippen molar-refractivity contribution in [2.75, 3.05) is 17.2 Å². The average molecular weight is 469 g/mol. The number of hydrogen-bond donors (Lipinski definition) is 3. The Morgan fingerprint density at radius 2 is 2.09 bits per heavy atom. The fourth-order valence-corrected chi connectivity index (χ4v) is 5.84. The molecule has 0 aromatic carbocycles. The number of thiophene rings is 1. The Morgan fingerprint density at radius 3 is 2.81 bits per heavy atom. The Morgan fingerprint density at radius 1 is 1.22 bits per heavy atom. The Balaban J connectivity index is 1.65. The minimum Gasteiger partial charge on any atom is -0.367 e. The first-order valence-electron chi connectivity index (χ1n) is 11.3. The highest BCUT2D eigenvalue weighted by molar-refractivity contribution is 7.15. The molecular formula is C24H32N6S2. The van der Waals surface area contributed by atoms with E-state index in [1.165, 1.54) is 16.2 Å². The first-order chi connectivity index (χ1) is 15.6. The topological polar surface area (TPSA) is 88.8 Å². The number of nitrogens with zero attached hydrogens (tertiary/aromatic N) is 3. The van der Waals surface area contributed by atoms with Crippen molar-refractivity contribution in [3.8, 4) is 10.6 Å². The number of rotatable bonds is 9. The normalized spacial score (nSPS) is 18.5. The maximum atomic E-state index is 5.93. The molecule has 1 saturated carbocycles. The summed E-state index contributed by atoms with van der Waals surface area (Å²) in [7, 11) is 0. The van der Waals surface area contributed by atoms with E-state index in [4.69, 9.17) is 20.7 Å². The van der Waals surface area contributed by atoms with Crippen LogP contribution >= 0.6 is 22.7 Å². The molecular weight excluding hydrogens is 436 g/mol. The van der Waals surface area contributed by atoms with Gasteiger partial charge in [-0.2, -0.15) is 4.98 Å². The van der Waals surface area contributed by atoms with Crippen molar-refractivity contribution in [3.05, 3.63) is 50.8 Å². The third-order valence-corrected chi connectivity index (χ3v) is 7.87. The van der Waals surface area contributed by atoms with E-state index < -0.39 is 0 Å². The number of allylic oxidation sites excluding steroid dienone is 2. The van der Waals surface area contributed by atoms with Gasteiger partial charge in [0.05, 0.1) is 23.5 Å². The van der Waals surface area contributed by atoms with E-state index in [0.29, 0.717) is 17.9 Å². The van der Waals surface area contributed by atoms with Gasteiger partial charge in [0.1, 0.15) is 10.8 Å². The van der Waals surface area contributed by atoms with E-state index in [0.717, 1.165) is 60.1 Å². The van der Waals surface area contributed by atoms with Crippen LogP contribution in [0.1, 0.15) is 47.3 Å². The Hall–Kier alpha value is -2.29. The molecule has 1 aliphatic carbocycles. The number of nitrogens with one attached hydrogen (secondary N) is 2. The first kappa shape index (κ1) is 22.9. The van der Waals surface area contributed by atoms with Crippen molar-refractivity contribution in [1.29, 1.82) is 0 Å². The zero-order valence-electron chi connectivity index (χ0n) is 19.0. The largest absolute Gasteiger partial charge is 0.367 e. The molecule has 1 aliphatic rings. The lowest BCUT2D eigenvalue weighted by Gasteiger charge is -2.18. The Kier molecular flexibility index (Phi) is 7.55. The number of nitrogens with two attached hydrogens (primary N) is 1. The molecule has 2 atom stereocenters. The molecule has 0 bridgehead atoms. The number of aromatic nitrogens is 3. The standard InChI is InChI=1S/C24H32N6S2/c1-4-5-8-20-16(3)32-23(29-20)21-15(2)27-24(26-14-19-7-6-11-31-19)30-22(21)28-18-10-9-17(12-18)13-25/h4-7,11,17-18H,8-10,12-14,25H2,1-3H3,(H2,26,27,28,30)/b5-4-. The quantitative estimate of drug-likeness (QED) is 0.357. The van der Waals surface area contributed by atoms with E-state index in [-0.39, 0.29) is 0 Å². The molecule has 0 aliphatic heterocycles. The number of thiazole rings is 1. The van der Waals surface area contributed by atoms with Crippen LogP contribution in [-0.4, -0.2) is 27.5 Å². The van der Waals surface area contributed by atoms with Gasteiger partial charge in [0.2, 0.25) is 5.95 Å². The molecule has 3 heterocycles. The summed E-state index contributed by atoms with van der Waals surface area (Å²) in [6, 6.07) is 4.56. The minimum atomic E-state index is 0.380. The van der Waals surface area contributed by atoms with Gasteiger partial charge >= 0.3 is 0 Å². The van der Waals surface area contributed by atoms with E-state index >= 15 is 0 Å². The van der Waals surface area contributed by atoms with Crippen molar-refractivity contribution < 1.29 is 0 Å². The first-order valence-corrected chi connectivity index (χ1v) is 13.0. The smallest absolute Gasteiger partial charge is 0.225 e. The summed E-state index contributed by atoms with van der Waals surface area (Å²) in [5.74, 6) is 2.11. The van der Waals surface area contributed by atoms with Gasteiger partial charge in [0.25, 0.3) is 0 Å². The lowest BCUT2D eigenvalue weighted by molar-refractivity contribution is 0.555. The molecule has 8 heteroatoms. The van der Waals surface area contributed by atoms with Crippen molar-refractivity contribution >= 4 is 34.4 Å². The maximum absolute atomic E-state index is 5.93. The summed E-state index contributed by atoms with van der Waals surface area (Å²) in [4.78, 5) is 17.2. The van der Waals surface area contributed by atoms with Crippen LogP contribution in [0.4, 0.5) is 11.8 Å². The zero-order valence-corrected chi connectivity index (χ0v) is 20.7. The molecule has 0 amide bonds. The van der Waals surface area contributed by atoms with Crippen LogP contribution < -0.4 is 16.4 Å². The monoisotopic (exact) mass is 468 g/mol. The summed E-state index contributed by atoms with van der Waals surface area (Å²) in [5.41, 5.74) is 9.01. The highest BCUT2D eigenvalue weighted by Crippen LogP contribution is 2.37. The summed E-state index contributed by atoms with van der Waals surface area (Å²) in [5, 5.41) is 10.2. The zero-order chi connectivity index (χ0) is 22.5. The average Bonchev–Trinajstić information content (AvgIpc) is 3.52. The molecule has 0 radical (unpaired) electrons. The third kappa shape index (κ3) is 5.36. The molecule has 6 nitrogen and oxygen atoms in total. The second kappa shape index (κ2) is 10.6. The number of hydrogen-bond acceptors (Lipinski definition) is 8. The fourth-order valence-electron chi connectivity index (χ4n) is 4.16. The van der Waals surface area contributed by atoms with E-state index in [2.05, 4.69) is 54.1 Å². The van der Waals surface area contributed by atoms with Gasteiger partial charge in [-0.25, -0.2) is 9.97 Å². The number of aryl methyl sites for hydroxylation is 2. The summed E-state index contributed by atoms with van der Waals surface area (Å²) in [6.45, 7) is 7.71. The third-order valence-electron chi connectivity index (χ3n) is 5.96. The Labute approximate surface area is 198 Å². The molecule has 2 unspecified atom stereocenters. The van der Waals surface area contributed by atoms with Gasteiger partial charge in [-0.15, -0.1) is 22.7 Å². The van der Waals surface area contributed by atoms with Crippen molar-refractivity contribution in [1.82, 2.24) is 15.0 Å². The highest BCUT2D eigenvalue weighted by atomic mass is 32.1. The molecule has 0 saturated heterocycles. The molecule has 1 fully saturated rings. The van der Waals surface area contributed by atoms with Gasteiger partial charge in [0, 0.05) is 22.2 Å². The molecule has 4 N–H and O–H groups in total. The van der Waals surface area contributed by atoms with Crippen molar-refractivity contribution in [2.24, 2.45) is 11.7 Å². The Bertz CT molecular complexity index is 1060. The SMILES string of the molecule is C/C=C\Cc1nc(-c2c(C)nc(NCc3cccs3)nc2NC2CCC(CN)C2)sc1C. The highest BCUT2D eigenvalue weighted by Gasteiger charge is 2.26. The van der Waals surface area contributed by atoms with Crippen LogP contribution in [-0.2, 0) is 13.0 Å². The fraction of sp³-hybridized carbons (Fsp3) is 0.458. The summed E-state index contributed by atoms with van der Waals surface area (Å²) >= 11 is 3.45. The minimum absolute atomic E-state index is 0.380. The van der Waals surface area contributed by atoms with E-state index in [1.54, 1.807) is 22.7 Å². The van der Waals surface area contributed by atoms with E-state index in [9.17, 15) is 0 Å². The lowest BCUT2D eigenvalue weighted by Crippen LogP contribution is -2.20. The number of anilines is 2. The van der Waals surface area contributed by atoms with Crippen LogP contribution in [0, 0.1) is 19.8 Å². The van der Waals surface area contributed by atoms with Crippen molar-refractivity contribution in [2.45, 2.75) is 59.0 Å². The molecule has 0 spiro atoms. The van der Waals surface area contributed by atoms with Gasteiger partial charge < -0.3 is 16.4 Å². The van der Waals surface area contributed by atoms with E-state index in [1.807, 2.05) is 6.92 Å². The molecule has 4 rings (SSSR count). The molecule has 3 aromatic heterocycles. The summed E-state index contributed by atoms with van der Waals surface area (Å²) in [6.07, 6.45) is 8.44. The molecule has 170 valence electrons. The van der Waals surface area contributed by atoms with Crippen LogP contribution in [0.5, 0.6) is 0 Å². The predicted octanol–water partition coefficient (Wildman–Crippen LogP) is 5.55. The van der Waals surface area contributed by atoms with Gasteiger partial charge in [-0.1, -0.05) is 18.2 Å². The van der Waals surface area contributed by atoms with Crippen LogP contribution in [0.2, 0.25) is 0 Å². The second-order valence-electron chi connectivity index (χ2n) is 8.34. The molecule has 3 aromatic rings. The second-order valence-corrected chi connectivity index (χ2v) is 10.6. The maximum Gasteiger partial charge on any atom is 0.225 e. The van der Waals surface area contributed by atoms with Crippen molar-refractivity contribution in [3.63, 3.8) is 0 Å². The predicted molar refractivity (Wildman–Crippen MR) is 137 cm³/mol. The van der Waals surface area contributed by atoms with Crippen LogP contribution in [0.25, 0.3) is 10.6 Å². The van der Waals surface area contributed by atoms with Crippen LogP contribution in [0.3, 0.4) is 0 Å². The van der Waals surface area contributed by atoms with Crippen LogP contribution in [0.15, 0.2) is 29.7 Å². The summed E-state index contributed by atoms with van der Waals surface area (Å²) < 4.78 is 0. The molecule has 32 heavy (non-hydrogen) atoms. The van der Waals surface area contributed by atoms with Gasteiger partial charge in [-0.05, 0) is 63.9 Å². The van der Waals surface area contributed by atoms with Gasteiger partial charge in [-0.3, -0.25) is 0 Å².